The van der Waals surface area contributed by atoms with Gasteiger partial charge in [-0.3, -0.25) is 4.79 Å². The van der Waals surface area contributed by atoms with Crippen molar-refractivity contribution in [1.29, 1.82) is 0 Å². The van der Waals surface area contributed by atoms with Crippen LogP contribution in [-0.4, -0.2) is 68.1 Å². The Morgan fingerprint density at radius 3 is 2.43 bits per heavy atom. The highest BCUT2D eigenvalue weighted by Crippen LogP contribution is 2.33. The van der Waals surface area contributed by atoms with Gasteiger partial charge in [0, 0.05) is 45.6 Å². The third-order valence-electron chi connectivity index (χ3n) is 6.09. The number of ether oxygens (including phenoxy) is 2. The Labute approximate surface area is 176 Å². The quantitative estimate of drug-likeness (QED) is 0.743. The highest BCUT2D eigenvalue weighted by molar-refractivity contribution is 7.86. The Morgan fingerprint density at radius 2 is 1.77 bits per heavy atom. The molecule has 166 valence electrons. The van der Waals surface area contributed by atoms with E-state index in [-0.39, 0.29) is 24.8 Å². The molecule has 3 fully saturated rings. The lowest BCUT2D eigenvalue weighted by atomic mass is 9.99. The van der Waals surface area contributed by atoms with Gasteiger partial charge in [-0.2, -0.15) is 17.0 Å². The summed E-state index contributed by atoms with van der Waals surface area (Å²) >= 11 is 0. The van der Waals surface area contributed by atoms with Gasteiger partial charge in [-0.1, -0.05) is 12.1 Å². The molecule has 3 aliphatic rings. The fourth-order valence-corrected chi connectivity index (χ4v) is 6.01. The van der Waals surface area contributed by atoms with Crippen molar-refractivity contribution in [2.45, 2.75) is 38.0 Å². The van der Waals surface area contributed by atoms with Gasteiger partial charge in [0.1, 0.15) is 5.82 Å². The predicted octanol–water partition coefficient (Wildman–Crippen LogP) is 1.24. The first-order valence-corrected chi connectivity index (χ1v) is 11.8. The molecule has 30 heavy (non-hydrogen) atoms. The van der Waals surface area contributed by atoms with Crippen molar-refractivity contribution in [2.75, 3.05) is 39.4 Å². The lowest BCUT2D eigenvalue weighted by Crippen LogP contribution is -2.54. The number of amides is 1. The second-order valence-electron chi connectivity index (χ2n) is 8.06. The van der Waals surface area contributed by atoms with Crippen LogP contribution in [0.25, 0.3) is 0 Å². The zero-order valence-corrected chi connectivity index (χ0v) is 17.7. The number of benzene rings is 1. The Morgan fingerprint density at radius 1 is 1.10 bits per heavy atom. The zero-order chi connectivity index (χ0) is 21.2. The average molecular weight is 442 g/mol. The van der Waals surface area contributed by atoms with Crippen LogP contribution in [-0.2, 0) is 31.0 Å². The summed E-state index contributed by atoms with van der Waals surface area (Å²) in [6.07, 6.45) is 2.31. The molecule has 3 heterocycles. The van der Waals surface area contributed by atoms with Crippen LogP contribution in [0.5, 0.6) is 0 Å². The fraction of sp³-hybridized carbons (Fsp3) is 0.650. The molecule has 1 N–H and O–H groups in total. The van der Waals surface area contributed by atoms with Crippen LogP contribution in [0.4, 0.5) is 4.39 Å². The number of hydrogen-bond donors (Lipinski definition) is 1. The normalized spacial score (nSPS) is 25.4. The minimum Gasteiger partial charge on any atom is -0.352 e. The van der Waals surface area contributed by atoms with Gasteiger partial charge in [0.15, 0.2) is 5.79 Å². The van der Waals surface area contributed by atoms with Crippen LogP contribution in [0.3, 0.4) is 0 Å². The SMILES string of the molecule is O=C(NCc1ccc(F)cc1)[C@H]1CCCN(S(=O)(=O)N2CCC3(CC2)OCCO3)C1. The molecule has 3 aliphatic heterocycles. The van der Waals surface area contributed by atoms with Gasteiger partial charge >= 0.3 is 0 Å². The molecule has 0 saturated carbocycles. The number of rotatable bonds is 5. The molecule has 4 rings (SSSR count). The van der Waals surface area contributed by atoms with E-state index in [1.54, 1.807) is 12.1 Å². The summed E-state index contributed by atoms with van der Waals surface area (Å²) in [4.78, 5) is 12.6. The summed E-state index contributed by atoms with van der Waals surface area (Å²) in [6.45, 7) is 2.67. The Balaban J connectivity index is 1.32. The van der Waals surface area contributed by atoms with Crippen molar-refractivity contribution in [3.05, 3.63) is 35.6 Å². The standard InChI is InChI=1S/C20H28FN3O5S/c21-18-5-3-16(4-6-18)14-22-19(25)17-2-1-9-24(15-17)30(26,27)23-10-7-20(8-11-23)28-12-13-29-20/h3-6,17H,1-2,7-15H2,(H,22,25)/t17-/m0/s1. The molecular weight excluding hydrogens is 413 g/mol. The number of piperidine rings is 2. The molecule has 10 heteroatoms. The van der Waals surface area contributed by atoms with Crippen LogP contribution in [0.1, 0.15) is 31.2 Å². The Bertz CT molecular complexity index is 848. The third-order valence-corrected chi connectivity index (χ3v) is 8.09. The van der Waals surface area contributed by atoms with Crippen molar-refractivity contribution in [3.8, 4) is 0 Å². The summed E-state index contributed by atoms with van der Waals surface area (Å²) < 4.78 is 53.5. The topological polar surface area (TPSA) is 88.2 Å². The van der Waals surface area contributed by atoms with E-state index in [0.29, 0.717) is 58.5 Å². The Hall–Kier alpha value is -1.59. The van der Waals surface area contributed by atoms with Gasteiger partial charge in [-0.15, -0.1) is 0 Å². The van der Waals surface area contributed by atoms with Crippen molar-refractivity contribution in [1.82, 2.24) is 13.9 Å². The van der Waals surface area contributed by atoms with Crippen molar-refractivity contribution in [2.24, 2.45) is 5.92 Å². The van der Waals surface area contributed by atoms with Crippen molar-refractivity contribution < 1.29 is 27.1 Å². The number of hydrogen-bond acceptors (Lipinski definition) is 5. The summed E-state index contributed by atoms with van der Waals surface area (Å²) in [5, 5.41) is 2.84. The van der Waals surface area contributed by atoms with Gasteiger partial charge in [0.25, 0.3) is 10.2 Å². The fourth-order valence-electron chi connectivity index (χ4n) is 4.31. The van der Waals surface area contributed by atoms with Crippen molar-refractivity contribution >= 4 is 16.1 Å². The average Bonchev–Trinajstić information content (AvgIpc) is 3.21. The van der Waals surface area contributed by atoms with E-state index in [4.69, 9.17) is 9.47 Å². The number of nitrogens with zero attached hydrogens (tertiary/aromatic N) is 2. The molecule has 1 spiro atoms. The Kier molecular flexibility index (Phi) is 6.40. The van der Waals surface area contributed by atoms with E-state index >= 15 is 0 Å². The lowest BCUT2D eigenvalue weighted by Gasteiger charge is -2.40. The molecule has 0 radical (unpaired) electrons. The zero-order valence-electron chi connectivity index (χ0n) is 16.9. The molecule has 3 saturated heterocycles. The van der Waals surface area contributed by atoms with E-state index in [2.05, 4.69) is 5.32 Å². The predicted molar refractivity (Wildman–Crippen MR) is 107 cm³/mol. The monoisotopic (exact) mass is 441 g/mol. The molecule has 0 aromatic heterocycles. The molecule has 1 amide bonds. The number of carbonyl (C=O) groups is 1. The smallest absolute Gasteiger partial charge is 0.282 e. The van der Waals surface area contributed by atoms with Gasteiger partial charge in [-0.25, -0.2) is 4.39 Å². The minimum atomic E-state index is -3.64. The van der Waals surface area contributed by atoms with E-state index in [9.17, 15) is 17.6 Å². The summed E-state index contributed by atoms with van der Waals surface area (Å²) in [6, 6.07) is 5.93. The number of carbonyl (C=O) groups excluding carboxylic acids is 1. The molecule has 0 unspecified atom stereocenters. The van der Waals surface area contributed by atoms with E-state index < -0.39 is 21.9 Å². The highest BCUT2D eigenvalue weighted by Gasteiger charge is 2.44. The number of nitrogens with one attached hydrogen (secondary N) is 1. The van der Waals surface area contributed by atoms with Gasteiger partial charge in [0.05, 0.1) is 19.1 Å². The minimum absolute atomic E-state index is 0.173. The molecule has 1 aromatic carbocycles. The second kappa shape index (κ2) is 8.88. The highest BCUT2D eigenvalue weighted by atomic mass is 32.2. The maximum atomic E-state index is 13.1. The van der Waals surface area contributed by atoms with Gasteiger partial charge in [0.2, 0.25) is 5.91 Å². The van der Waals surface area contributed by atoms with Crippen LogP contribution in [0.2, 0.25) is 0 Å². The van der Waals surface area contributed by atoms with E-state index in [0.717, 1.165) is 5.56 Å². The maximum absolute atomic E-state index is 13.1. The van der Waals surface area contributed by atoms with Crippen LogP contribution < -0.4 is 5.32 Å². The number of halogens is 1. The maximum Gasteiger partial charge on any atom is 0.282 e. The lowest BCUT2D eigenvalue weighted by molar-refractivity contribution is -0.179. The van der Waals surface area contributed by atoms with Crippen LogP contribution >= 0.6 is 0 Å². The van der Waals surface area contributed by atoms with Crippen LogP contribution in [0.15, 0.2) is 24.3 Å². The molecular formula is C20H28FN3O5S. The molecule has 0 aliphatic carbocycles. The molecule has 8 nitrogen and oxygen atoms in total. The second-order valence-corrected chi connectivity index (χ2v) is 9.98. The molecule has 1 aromatic rings. The first-order chi connectivity index (χ1) is 14.4. The molecule has 1 atom stereocenters. The van der Waals surface area contributed by atoms with E-state index in [1.807, 2.05) is 0 Å². The largest absolute Gasteiger partial charge is 0.352 e. The first kappa shape index (κ1) is 21.6. The van der Waals surface area contributed by atoms with Crippen molar-refractivity contribution in [3.63, 3.8) is 0 Å². The van der Waals surface area contributed by atoms with Gasteiger partial charge < -0.3 is 14.8 Å². The first-order valence-electron chi connectivity index (χ1n) is 10.4. The van der Waals surface area contributed by atoms with E-state index in [1.165, 1.54) is 20.7 Å². The van der Waals surface area contributed by atoms with Gasteiger partial charge in [-0.05, 0) is 30.5 Å². The molecule has 0 bridgehead atoms. The summed E-state index contributed by atoms with van der Waals surface area (Å²) in [5.74, 6) is -1.53. The third kappa shape index (κ3) is 4.67. The van der Waals surface area contributed by atoms with Crippen LogP contribution in [0, 0.1) is 11.7 Å². The summed E-state index contributed by atoms with van der Waals surface area (Å²) in [5.41, 5.74) is 0.795. The summed E-state index contributed by atoms with van der Waals surface area (Å²) in [7, 11) is -3.64.